The van der Waals surface area contributed by atoms with Crippen LogP contribution in [0.1, 0.15) is 48.8 Å². The van der Waals surface area contributed by atoms with Gasteiger partial charge in [0.15, 0.2) is 0 Å². The van der Waals surface area contributed by atoms with Crippen LogP contribution in [0.15, 0.2) is 6.07 Å². The summed E-state index contributed by atoms with van der Waals surface area (Å²) in [5.74, 6) is -0.0742. The maximum Gasteiger partial charge on any atom is 0.269 e. The Labute approximate surface area is 132 Å². The Bertz CT molecular complexity index is 486. The van der Waals surface area contributed by atoms with Crippen LogP contribution < -0.4 is 5.32 Å². The predicted octanol–water partition coefficient (Wildman–Crippen LogP) is 0.949. The predicted molar refractivity (Wildman–Crippen MR) is 85.8 cm³/mol. The number of likely N-dealkylation sites (tertiary alicyclic amines) is 1. The van der Waals surface area contributed by atoms with Crippen molar-refractivity contribution in [2.75, 3.05) is 26.2 Å². The van der Waals surface area contributed by atoms with Crippen molar-refractivity contribution in [3.63, 3.8) is 0 Å². The molecule has 2 heterocycles. The molecule has 6 heteroatoms. The summed E-state index contributed by atoms with van der Waals surface area (Å²) in [5.41, 5.74) is 1.58. The molecule has 1 saturated heterocycles. The molecule has 6 nitrogen and oxygen atoms in total. The number of carbonyl (C=O) groups excluding carboxylic acids is 1. The van der Waals surface area contributed by atoms with E-state index in [1.807, 2.05) is 6.07 Å². The van der Waals surface area contributed by atoms with Crippen LogP contribution in [0.2, 0.25) is 0 Å². The highest BCUT2D eigenvalue weighted by Crippen LogP contribution is 2.15. The second kappa shape index (κ2) is 8.29. The number of aliphatic hydroxyl groups excluding tert-OH is 1. The number of amides is 1. The average molecular weight is 308 g/mol. The van der Waals surface area contributed by atoms with Crippen molar-refractivity contribution in [3.8, 4) is 0 Å². The number of hydrogen-bond acceptors (Lipinski definition) is 4. The van der Waals surface area contributed by atoms with Crippen LogP contribution in [0, 0.1) is 0 Å². The molecule has 1 aliphatic rings. The second-order valence-corrected chi connectivity index (χ2v) is 6.02. The molecule has 124 valence electrons. The SMILES string of the molecule is CCCc1cc(C(=O)NCCN2CCCCC2CO)n(C)n1. The molecule has 0 aliphatic carbocycles. The monoisotopic (exact) mass is 308 g/mol. The highest BCUT2D eigenvalue weighted by atomic mass is 16.3. The molecule has 1 fully saturated rings. The molecule has 0 aromatic carbocycles. The summed E-state index contributed by atoms with van der Waals surface area (Å²) in [7, 11) is 1.81. The first-order chi connectivity index (χ1) is 10.7. The first kappa shape index (κ1) is 17.0. The lowest BCUT2D eigenvalue weighted by atomic mass is 10.0. The summed E-state index contributed by atoms with van der Waals surface area (Å²) in [5, 5.41) is 16.7. The third-order valence-electron chi connectivity index (χ3n) is 4.31. The Morgan fingerprint density at radius 2 is 2.32 bits per heavy atom. The van der Waals surface area contributed by atoms with Gasteiger partial charge < -0.3 is 10.4 Å². The van der Waals surface area contributed by atoms with Crippen LogP contribution >= 0.6 is 0 Å². The fourth-order valence-corrected chi connectivity index (χ4v) is 3.08. The molecule has 22 heavy (non-hydrogen) atoms. The Morgan fingerprint density at radius 3 is 3.05 bits per heavy atom. The van der Waals surface area contributed by atoms with Gasteiger partial charge in [0.2, 0.25) is 0 Å². The molecular weight excluding hydrogens is 280 g/mol. The summed E-state index contributed by atoms with van der Waals surface area (Å²) < 4.78 is 1.65. The van der Waals surface area contributed by atoms with Crippen molar-refractivity contribution in [2.45, 2.75) is 45.1 Å². The molecule has 0 bridgehead atoms. The topological polar surface area (TPSA) is 70.4 Å². The van der Waals surface area contributed by atoms with E-state index < -0.39 is 0 Å². The number of aromatic nitrogens is 2. The molecule has 0 radical (unpaired) electrons. The van der Waals surface area contributed by atoms with E-state index in [1.165, 1.54) is 12.8 Å². The Hall–Kier alpha value is -1.40. The van der Waals surface area contributed by atoms with Gasteiger partial charge in [0, 0.05) is 26.2 Å². The molecule has 1 unspecified atom stereocenters. The third-order valence-corrected chi connectivity index (χ3v) is 4.31. The van der Waals surface area contributed by atoms with Gasteiger partial charge in [0.25, 0.3) is 5.91 Å². The van der Waals surface area contributed by atoms with Crippen molar-refractivity contribution in [1.29, 1.82) is 0 Å². The van der Waals surface area contributed by atoms with Gasteiger partial charge in [-0.15, -0.1) is 0 Å². The summed E-state index contributed by atoms with van der Waals surface area (Å²) in [6.07, 6.45) is 5.32. The molecule has 2 rings (SSSR count). The highest BCUT2D eigenvalue weighted by Gasteiger charge is 2.21. The minimum absolute atomic E-state index is 0.0742. The summed E-state index contributed by atoms with van der Waals surface area (Å²) in [4.78, 5) is 14.5. The van der Waals surface area contributed by atoms with Crippen molar-refractivity contribution in [3.05, 3.63) is 17.5 Å². The van der Waals surface area contributed by atoms with Crippen molar-refractivity contribution >= 4 is 5.91 Å². The number of nitrogens with one attached hydrogen (secondary N) is 1. The van der Waals surface area contributed by atoms with Crippen LogP contribution in [0.25, 0.3) is 0 Å². The number of carbonyl (C=O) groups is 1. The number of rotatable bonds is 7. The van der Waals surface area contributed by atoms with E-state index in [9.17, 15) is 9.90 Å². The molecule has 1 atom stereocenters. The smallest absolute Gasteiger partial charge is 0.269 e. The van der Waals surface area contributed by atoms with Gasteiger partial charge in [-0.2, -0.15) is 5.10 Å². The fourth-order valence-electron chi connectivity index (χ4n) is 3.08. The van der Waals surface area contributed by atoms with E-state index >= 15 is 0 Å². The first-order valence-electron chi connectivity index (χ1n) is 8.31. The molecule has 0 spiro atoms. The zero-order chi connectivity index (χ0) is 15.9. The lowest BCUT2D eigenvalue weighted by molar-refractivity contribution is 0.0844. The number of hydrogen-bond donors (Lipinski definition) is 2. The Kier molecular flexibility index (Phi) is 6.39. The summed E-state index contributed by atoms with van der Waals surface area (Å²) in [6, 6.07) is 2.12. The van der Waals surface area contributed by atoms with E-state index in [-0.39, 0.29) is 18.6 Å². The molecule has 1 aliphatic heterocycles. The molecule has 1 aromatic rings. The van der Waals surface area contributed by atoms with Gasteiger partial charge in [0.1, 0.15) is 5.69 Å². The van der Waals surface area contributed by atoms with E-state index in [1.54, 1.807) is 11.7 Å². The van der Waals surface area contributed by atoms with E-state index in [0.29, 0.717) is 12.2 Å². The van der Waals surface area contributed by atoms with Crippen molar-refractivity contribution < 1.29 is 9.90 Å². The quantitative estimate of drug-likeness (QED) is 0.787. The van der Waals surface area contributed by atoms with Crippen molar-refractivity contribution in [2.24, 2.45) is 7.05 Å². The normalized spacial score (nSPS) is 19.3. The van der Waals surface area contributed by atoms with Gasteiger partial charge >= 0.3 is 0 Å². The van der Waals surface area contributed by atoms with Gasteiger partial charge in [-0.1, -0.05) is 19.8 Å². The zero-order valence-electron chi connectivity index (χ0n) is 13.7. The molecule has 2 N–H and O–H groups in total. The number of piperidine rings is 1. The second-order valence-electron chi connectivity index (χ2n) is 6.02. The maximum atomic E-state index is 12.2. The minimum atomic E-state index is -0.0742. The summed E-state index contributed by atoms with van der Waals surface area (Å²) >= 11 is 0. The minimum Gasteiger partial charge on any atom is -0.395 e. The zero-order valence-corrected chi connectivity index (χ0v) is 13.7. The van der Waals surface area contributed by atoms with Crippen LogP contribution in [-0.4, -0.2) is 58.0 Å². The van der Waals surface area contributed by atoms with E-state index in [2.05, 4.69) is 22.2 Å². The van der Waals surface area contributed by atoms with Gasteiger partial charge in [0.05, 0.1) is 12.3 Å². The van der Waals surface area contributed by atoms with Crippen LogP contribution in [0.3, 0.4) is 0 Å². The molecule has 1 amide bonds. The van der Waals surface area contributed by atoms with Gasteiger partial charge in [-0.3, -0.25) is 14.4 Å². The van der Waals surface area contributed by atoms with Crippen LogP contribution in [-0.2, 0) is 13.5 Å². The third kappa shape index (κ3) is 4.30. The molecule has 1 aromatic heterocycles. The largest absolute Gasteiger partial charge is 0.395 e. The lowest BCUT2D eigenvalue weighted by Crippen LogP contribution is -2.45. The molecular formula is C16H28N4O2. The number of nitrogens with zero attached hydrogens (tertiary/aromatic N) is 3. The van der Waals surface area contributed by atoms with Crippen LogP contribution in [0.5, 0.6) is 0 Å². The lowest BCUT2D eigenvalue weighted by Gasteiger charge is -2.34. The molecule has 0 saturated carbocycles. The summed E-state index contributed by atoms with van der Waals surface area (Å²) in [6.45, 7) is 4.70. The van der Waals surface area contributed by atoms with E-state index in [0.717, 1.165) is 38.0 Å². The number of aliphatic hydroxyl groups is 1. The van der Waals surface area contributed by atoms with E-state index in [4.69, 9.17) is 0 Å². The Morgan fingerprint density at radius 1 is 1.50 bits per heavy atom. The average Bonchev–Trinajstić information content (AvgIpc) is 2.89. The fraction of sp³-hybridized carbons (Fsp3) is 0.750. The van der Waals surface area contributed by atoms with Crippen LogP contribution in [0.4, 0.5) is 0 Å². The highest BCUT2D eigenvalue weighted by molar-refractivity contribution is 5.92. The van der Waals surface area contributed by atoms with Crippen molar-refractivity contribution in [1.82, 2.24) is 20.0 Å². The maximum absolute atomic E-state index is 12.2. The van der Waals surface area contributed by atoms with Gasteiger partial charge in [-0.25, -0.2) is 0 Å². The number of aryl methyl sites for hydroxylation is 2. The first-order valence-corrected chi connectivity index (χ1v) is 8.31. The Balaban J connectivity index is 1.82. The standard InChI is InChI=1S/C16H28N4O2/c1-3-6-13-11-15(19(2)18-13)16(22)17-8-10-20-9-5-4-7-14(20)12-21/h11,14,21H,3-10,12H2,1-2H3,(H,17,22). The van der Waals surface area contributed by atoms with Gasteiger partial charge in [-0.05, 0) is 31.9 Å².